The molecular weight excluding hydrogens is 374 g/mol. The Morgan fingerprint density at radius 1 is 1.21 bits per heavy atom. The molecule has 0 bridgehead atoms. The second kappa shape index (κ2) is 7.69. The molecule has 1 amide bonds. The number of amides is 1. The van der Waals surface area contributed by atoms with Crippen molar-refractivity contribution in [3.8, 4) is 0 Å². The standard InChI is InChI=1S/C21H21N3O3S/c1-14-4-3-5-16(12-14)6-7-17-15(2)19(25)24-13-18(28-21(24)22-17)20(26)23-8-10-27-11-9-23/h3-7,12-13H,8-11H2,1-2H3/b7-6+. The second-order valence-corrected chi connectivity index (χ2v) is 7.84. The molecule has 1 aliphatic heterocycles. The second-order valence-electron chi connectivity index (χ2n) is 6.83. The summed E-state index contributed by atoms with van der Waals surface area (Å²) in [7, 11) is 0. The number of morpholine rings is 1. The number of thiazole rings is 1. The highest BCUT2D eigenvalue weighted by Gasteiger charge is 2.22. The van der Waals surface area contributed by atoms with Crippen LogP contribution in [0.4, 0.5) is 0 Å². The highest BCUT2D eigenvalue weighted by atomic mass is 32.1. The molecular formula is C21H21N3O3S. The van der Waals surface area contributed by atoms with Gasteiger partial charge in [-0.1, -0.05) is 47.2 Å². The van der Waals surface area contributed by atoms with Crippen LogP contribution in [0.1, 0.15) is 32.1 Å². The van der Waals surface area contributed by atoms with E-state index >= 15 is 0 Å². The number of rotatable bonds is 3. The lowest BCUT2D eigenvalue weighted by molar-refractivity contribution is 0.0306. The maximum atomic E-state index is 12.8. The van der Waals surface area contributed by atoms with E-state index in [-0.39, 0.29) is 11.5 Å². The quantitative estimate of drug-likeness (QED) is 0.684. The molecule has 3 aromatic rings. The van der Waals surface area contributed by atoms with Gasteiger partial charge in [-0.2, -0.15) is 0 Å². The Hall–Kier alpha value is -2.77. The van der Waals surface area contributed by atoms with Crippen LogP contribution in [-0.2, 0) is 4.74 Å². The highest BCUT2D eigenvalue weighted by Crippen LogP contribution is 2.19. The van der Waals surface area contributed by atoms with Crippen LogP contribution in [0, 0.1) is 13.8 Å². The molecule has 0 radical (unpaired) electrons. The summed E-state index contributed by atoms with van der Waals surface area (Å²) >= 11 is 1.25. The summed E-state index contributed by atoms with van der Waals surface area (Å²) in [6.45, 7) is 6.03. The molecule has 144 valence electrons. The van der Waals surface area contributed by atoms with Gasteiger partial charge in [0, 0.05) is 24.8 Å². The smallest absolute Gasteiger partial charge is 0.265 e. The van der Waals surface area contributed by atoms with E-state index in [1.54, 1.807) is 18.0 Å². The number of hydrogen-bond acceptors (Lipinski definition) is 5. The van der Waals surface area contributed by atoms with Gasteiger partial charge in [-0.15, -0.1) is 0 Å². The van der Waals surface area contributed by atoms with E-state index in [2.05, 4.69) is 11.1 Å². The van der Waals surface area contributed by atoms with Crippen molar-refractivity contribution in [2.24, 2.45) is 0 Å². The van der Waals surface area contributed by atoms with Gasteiger partial charge in [0.25, 0.3) is 11.5 Å². The number of aromatic nitrogens is 2. The summed E-state index contributed by atoms with van der Waals surface area (Å²) in [6.07, 6.45) is 5.41. The van der Waals surface area contributed by atoms with Gasteiger partial charge in [-0.25, -0.2) is 4.98 Å². The van der Waals surface area contributed by atoms with Crippen molar-refractivity contribution in [2.45, 2.75) is 13.8 Å². The van der Waals surface area contributed by atoms with E-state index in [4.69, 9.17) is 4.74 Å². The Morgan fingerprint density at radius 3 is 2.75 bits per heavy atom. The minimum atomic E-state index is -0.147. The first-order chi connectivity index (χ1) is 13.5. The van der Waals surface area contributed by atoms with Gasteiger partial charge in [-0.3, -0.25) is 14.0 Å². The average molecular weight is 395 g/mol. The number of hydrogen-bond donors (Lipinski definition) is 0. The first-order valence-corrected chi connectivity index (χ1v) is 9.99. The van der Waals surface area contributed by atoms with Gasteiger partial charge < -0.3 is 9.64 Å². The fourth-order valence-corrected chi connectivity index (χ4v) is 4.13. The fraction of sp³-hybridized carbons (Fsp3) is 0.286. The SMILES string of the molecule is Cc1cccc(/C=C/c2nc3sc(C(=O)N4CCOCC4)cn3c(=O)c2C)c1. The van der Waals surface area contributed by atoms with E-state index in [0.717, 1.165) is 5.56 Å². The van der Waals surface area contributed by atoms with Gasteiger partial charge in [0.1, 0.15) is 4.88 Å². The summed E-state index contributed by atoms with van der Waals surface area (Å²) in [5.74, 6) is -0.0762. The van der Waals surface area contributed by atoms with Gasteiger partial charge in [0.2, 0.25) is 0 Å². The van der Waals surface area contributed by atoms with Crippen molar-refractivity contribution in [2.75, 3.05) is 26.3 Å². The molecule has 2 aromatic heterocycles. The third-order valence-electron chi connectivity index (χ3n) is 4.78. The van der Waals surface area contributed by atoms with Crippen LogP contribution in [0.3, 0.4) is 0 Å². The van der Waals surface area contributed by atoms with Crippen LogP contribution in [0.2, 0.25) is 0 Å². The molecule has 6 nitrogen and oxygen atoms in total. The van der Waals surface area contributed by atoms with E-state index in [1.807, 2.05) is 37.3 Å². The maximum Gasteiger partial charge on any atom is 0.265 e. The number of nitrogens with zero attached hydrogens (tertiary/aromatic N) is 3. The van der Waals surface area contributed by atoms with Crippen molar-refractivity contribution in [3.05, 3.63) is 68.1 Å². The minimum Gasteiger partial charge on any atom is -0.378 e. The van der Waals surface area contributed by atoms with Crippen LogP contribution in [0.25, 0.3) is 17.1 Å². The van der Waals surface area contributed by atoms with Crippen LogP contribution >= 0.6 is 11.3 Å². The summed E-state index contributed by atoms with van der Waals surface area (Å²) < 4.78 is 6.77. The molecule has 1 fully saturated rings. The molecule has 3 heterocycles. The lowest BCUT2D eigenvalue weighted by Gasteiger charge is -2.26. The minimum absolute atomic E-state index is 0.0762. The van der Waals surface area contributed by atoms with Gasteiger partial charge in [-0.05, 0) is 25.5 Å². The third kappa shape index (κ3) is 3.63. The van der Waals surface area contributed by atoms with Crippen molar-refractivity contribution in [1.29, 1.82) is 0 Å². The molecule has 1 saturated heterocycles. The zero-order valence-electron chi connectivity index (χ0n) is 15.8. The summed E-state index contributed by atoms with van der Waals surface area (Å²) in [6, 6.07) is 8.12. The number of fused-ring (bicyclic) bond motifs is 1. The molecule has 1 aromatic carbocycles. The molecule has 0 unspecified atom stereocenters. The normalized spacial score (nSPS) is 14.9. The van der Waals surface area contributed by atoms with Gasteiger partial charge >= 0.3 is 0 Å². The molecule has 0 atom stereocenters. The summed E-state index contributed by atoms with van der Waals surface area (Å²) in [5.41, 5.74) is 3.26. The zero-order valence-corrected chi connectivity index (χ0v) is 16.7. The number of carbonyl (C=O) groups excluding carboxylic acids is 1. The predicted octanol–water partition coefficient (Wildman–Crippen LogP) is 3.02. The predicted molar refractivity (Wildman–Crippen MR) is 111 cm³/mol. The topological polar surface area (TPSA) is 63.9 Å². The number of aryl methyl sites for hydroxylation is 1. The van der Waals surface area contributed by atoms with Crippen molar-refractivity contribution in [3.63, 3.8) is 0 Å². The molecule has 0 saturated carbocycles. The molecule has 0 aliphatic carbocycles. The lowest BCUT2D eigenvalue weighted by atomic mass is 10.1. The molecule has 0 spiro atoms. The molecule has 28 heavy (non-hydrogen) atoms. The van der Waals surface area contributed by atoms with E-state index < -0.39 is 0 Å². The summed E-state index contributed by atoms with van der Waals surface area (Å²) in [4.78, 5) is 32.9. The average Bonchev–Trinajstić information content (AvgIpc) is 3.14. The summed E-state index contributed by atoms with van der Waals surface area (Å²) in [5, 5.41) is 0. The van der Waals surface area contributed by atoms with E-state index in [1.165, 1.54) is 21.3 Å². The van der Waals surface area contributed by atoms with Crippen LogP contribution in [-0.4, -0.2) is 46.5 Å². The fourth-order valence-electron chi connectivity index (χ4n) is 3.18. The van der Waals surface area contributed by atoms with Crippen LogP contribution in [0.15, 0.2) is 35.3 Å². The molecule has 7 heteroatoms. The van der Waals surface area contributed by atoms with Gasteiger partial charge in [0.05, 0.1) is 18.9 Å². The third-order valence-corrected chi connectivity index (χ3v) is 5.75. The Bertz CT molecular complexity index is 1120. The van der Waals surface area contributed by atoms with Crippen LogP contribution < -0.4 is 5.56 Å². The first-order valence-electron chi connectivity index (χ1n) is 9.17. The molecule has 1 aliphatic rings. The Balaban J connectivity index is 1.69. The Morgan fingerprint density at radius 2 is 2.00 bits per heavy atom. The largest absolute Gasteiger partial charge is 0.378 e. The monoisotopic (exact) mass is 395 g/mol. The first kappa shape index (κ1) is 18.6. The van der Waals surface area contributed by atoms with Crippen molar-refractivity contribution >= 4 is 34.4 Å². The number of benzene rings is 1. The van der Waals surface area contributed by atoms with Crippen LogP contribution in [0.5, 0.6) is 0 Å². The highest BCUT2D eigenvalue weighted by molar-refractivity contribution is 7.18. The van der Waals surface area contributed by atoms with Crippen molar-refractivity contribution in [1.82, 2.24) is 14.3 Å². The van der Waals surface area contributed by atoms with Crippen molar-refractivity contribution < 1.29 is 9.53 Å². The number of carbonyl (C=O) groups is 1. The maximum absolute atomic E-state index is 12.8. The molecule has 4 rings (SSSR count). The Labute approximate surface area is 166 Å². The Kier molecular flexibility index (Phi) is 5.11. The lowest BCUT2D eigenvalue weighted by Crippen LogP contribution is -2.40. The number of ether oxygens (including phenoxy) is 1. The molecule has 0 N–H and O–H groups in total. The van der Waals surface area contributed by atoms with E-state index in [9.17, 15) is 9.59 Å². The zero-order chi connectivity index (χ0) is 19.7. The van der Waals surface area contributed by atoms with E-state index in [0.29, 0.717) is 47.4 Å². The van der Waals surface area contributed by atoms with Gasteiger partial charge in [0.15, 0.2) is 4.96 Å².